The van der Waals surface area contributed by atoms with Crippen LogP contribution in [-0.2, 0) is 4.74 Å². The highest BCUT2D eigenvalue weighted by molar-refractivity contribution is 5.94. The maximum Gasteiger partial charge on any atom is 0.251 e. The van der Waals surface area contributed by atoms with Crippen LogP contribution >= 0.6 is 0 Å². The summed E-state index contributed by atoms with van der Waals surface area (Å²) in [5.74, 6) is 0.892. The number of hydrogen-bond donors (Lipinski definition) is 2. The van der Waals surface area contributed by atoms with Crippen molar-refractivity contribution in [3.05, 3.63) is 42.1 Å². The zero-order valence-electron chi connectivity index (χ0n) is 14.3. The summed E-state index contributed by atoms with van der Waals surface area (Å²) in [6.45, 7) is 1.32. The van der Waals surface area contributed by atoms with Crippen molar-refractivity contribution in [3.8, 4) is 11.4 Å². The number of nitrogens with two attached hydrogens (primary N) is 1. The fourth-order valence-corrected chi connectivity index (χ4v) is 2.96. The fourth-order valence-electron chi connectivity index (χ4n) is 2.96. The Morgan fingerprint density at radius 1 is 1.20 bits per heavy atom. The van der Waals surface area contributed by atoms with E-state index in [2.05, 4.69) is 15.3 Å². The highest BCUT2D eigenvalue weighted by Crippen LogP contribution is 2.20. The molecule has 1 heterocycles. The van der Waals surface area contributed by atoms with E-state index >= 15 is 0 Å². The molecular formula is C19H24N4O2. The largest absolute Gasteiger partial charge is 0.384 e. The highest BCUT2D eigenvalue weighted by Gasteiger charge is 2.14. The van der Waals surface area contributed by atoms with Crippen molar-refractivity contribution < 1.29 is 9.53 Å². The third kappa shape index (κ3) is 5.00. The lowest BCUT2D eigenvalue weighted by molar-refractivity contribution is 0.0565. The van der Waals surface area contributed by atoms with Gasteiger partial charge >= 0.3 is 0 Å². The van der Waals surface area contributed by atoms with Crippen molar-refractivity contribution in [3.63, 3.8) is 0 Å². The molecule has 1 aliphatic rings. The van der Waals surface area contributed by atoms with Gasteiger partial charge in [0.25, 0.3) is 5.91 Å². The van der Waals surface area contributed by atoms with Gasteiger partial charge in [-0.25, -0.2) is 9.97 Å². The number of nitrogens with zero attached hydrogens (tertiary/aromatic N) is 2. The summed E-state index contributed by atoms with van der Waals surface area (Å²) in [7, 11) is 0. The SMILES string of the molecule is Nc1ccnc(-c2ccc(C(=O)NCCCOC3CCCC3)cc2)n1. The second kappa shape index (κ2) is 8.58. The molecule has 3 rings (SSSR count). The number of nitrogen functional groups attached to an aromatic ring is 1. The number of nitrogens with one attached hydrogen (secondary N) is 1. The van der Waals surface area contributed by atoms with Gasteiger partial charge in [0.2, 0.25) is 0 Å². The Bertz CT molecular complexity index is 697. The van der Waals surface area contributed by atoms with E-state index in [1.165, 1.54) is 25.7 Å². The van der Waals surface area contributed by atoms with Gasteiger partial charge in [-0.15, -0.1) is 0 Å². The molecule has 3 N–H and O–H groups in total. The molecule has 0 bridgehead atoms. The first kappa shape index (κ1) is 17.4. The lowest BCUT2D eigenvalue weighted by Crippen LogP contribution is -2.25. The number of rotatable bonds is 7. The summed E-state index contributed by atoms with van der Waals surface area (Å²) in [6, 6.07) is 8.83. The smallest absolute Gasteiger partial charge is 0.251 e. The minimum atomic E-state index is -0.0825. The van der Waals surface area contributed by atoms with E-state index in [9.17, 15) is 4.79 Å². The van der Waals surface area contributed by atoms with Crippen molar-refractivity contribution in [2.75, 3.05) is 18.9 Å². The van der Waals surface area contributed by atoms with Crippen LogP contribution in [0.1, 0.15) is 42.5 Å². The molecule has 1 saturated carbocycles. The second-order valence-electron chi connectivity index (χ2n) is 6.27. The van der Waals surface area contributed by atoms with Gasteiger partial charge in [0.15, 0.2) is 5.82 Å². The van der Waals surface area contributed by atoms with Crippen LogP contribution in [0.25, 0.3) is 11.4 Å². The number of benzene rings is 1. The molecule has 1 fully saturated rings. The minimum Gasteiger partial charge on any atom is -0.384 e. The number of amides is 1. The average molecular weight is 340 g/mol. The van der Waals surface area contributed by atoms with Crippen molar-refractivity contribution in [1.29, 1.82) is 0 Å². The molecule has 2 aromatic rings. The van der Waals surface area contributed by atoms with Gasteiger partial charge in [0, 0.05) is 30.5 Å². The maximum absolute atomic E-state index is 12.2. The first-order chi connectivity index (χ1) is 12.2. The molecular weight excluding hydrogens is 316 g/mol. The number of ether oxygens (including phenoxy) is 1. The number of carbonyl (C=O) groups is 1. The predicted octanol–water partition coefficient (Wildman–Crippen LogP) is 2.80. The first-order valence-corrected chi connectivity index (χ1v) is 8.81. The molecule has 0 unspecified atom stereocenters. The minimum absolute atomic E-state index is 0.0825. The van der Waals surface area contributed by atoms with Crippen LogP contribution < -0.4 is 11.1 Å². The second-order valence-corrected chi connectivity index (χ2v) is 6.27. The lowest BCUT2D eigenvalue weighted by Gasteiger charge is -2.11. The zero-order chi connectivity index (χ0) is 17.5. The van der Waals surface area contributed by atoms with Crippen LogP contribution in [0.5, 0.6) is 0 Å². The molecule has 1 amide bonds. The molecule has 25 heavy (non-hydrogen) atoms. The van der Waals surface area contributed by atoms with Crippen LogP contribution in [0.3, 0.4) is 0 Å². The summed E-state index contributed by atoms with van der Waals surface area (Å²) in [6.07, 6.45) is 7.78. The third-order valence-electron chi connectivity index (χ3n) is 4.34. The van der Waals surface area contributed by atoms with Gasteiger partial charge in [-0.3, -0.25) is 4.79 Å². The topological polar surface area (TPSA) is 90.1 Å². The maximum atomic E-state index is 12.2. The Labute approximate surface area is 147 Å². The summed E-state index contributed by atoms with van der Waals surface area (Å²) < 4.78 is 5.79. The Kier molecular flexibility index (Phi) is 5.95. The van der Waals surface area contributed by atoms with Crippen LogP contribution in [0.15, 0.2) is 36.5 Å². The van der Waals surface area contributed by atoms with E-state index in [0.717, 1.165) is 12.0 Å². The number of hydrogen-bond acceptors (Lipinski definition) is 5. The summed E-state index contributed by atoms with van der Waals surface area (Å²) in [4.78, 5) is 20.5. The molecule has 1 aromatic heterocycles. The van der Waals surface area contributed by atoms with Gasteiger partial charge in [-0.2, -0.15) is 0 Å². The summed E-state index contributed by atoms with van der Waals surface area (Å²) >= 11 is 0. The van der Waals surface area contributed by atoms with Crippen molar-refractivity contribution >= 4 is 11.7 Å². The van der Waals surface area contributed by atoms with Gasteiger partial charge in [0.05, 0.1) is 6.10 Å². The number of aromatic nitrogens is 2. The molecule has 132 valence electrons. The van der Waals surface area contributed by atoms with Crippen LogP contribution in [-0.4, -0.2) is 35.1 Å². The van der Waals surface area contributed by atoms with Gasteiger partial charge in [0.1, 0.15) is 5.82 Å². The number of carbonyl (C=O) groups excluding carboxylic acids is 1. The predicted molar refractivity (Wildman–Crippen MR) is 97.0 cm³/mol. The molecule has 0 aliphatic heterocycles. The van der Waals surface area contributed by atoms with E-state index in [4.69, 9.17) is 10.5 Å². The normalized spacial score (nSPS) is 14.6. The Morgan fingerprint density at radius 3 is 2.68 bits per heavy atom. The molecule has 1 aliphatic carbocycles. The summed E-state index contributed by atoms with van der Waals surface area (Å²) in [5, 5.41) is 2.92. The van der Waals surface area contributed by atoms with E-state index in [1.807, 2.05) is 12.1 Å². The molecule has 0 atom stereocenters. The third-order valence-corrected chi connectivity index (χ3v) is 4.34. The van der Waals surface area contributed by atoms with Crippen molar-refractivity contribution in [1.82, 2.24) is 15.3 Å². The average Bonchev–Trinajstić information content (AvgIpc) is 3.15. The Balaban J connectivity index is 1.44. The van der Waals surface area contributed by atoms with Gasteiger partial charge in [-0.05, 0) is 37.5 Å². The molecule has 6 heteroatoms. The summed E-state index contributed by atoms with van der Waals surface area (Å²) in [5.41, 5.74) is 7.11. The van der Waals surface area contributed by atoms with Crippen molar-refractivity contribution in [2.24, 2.45) is 0 Å². The Morgan fingerprint density at radius 2 is 1.96 bits per heavy atom. The highest BCUT2D eigenvalue weighted by atomic mass is 16.5. The van der Waals surface area contributed by atoms with Gasteiger partial charge < -0.3 is 15.8 Å². The van der Waals surface area contributed by atoms with E-state index < -0.39 is 0 Å². The fraction of sp³-hybridized carbons (Fsp3) is 0.421. The quantitative estimate of drug-likeness (QED) is 0.757. The molecule has 6 nitrogen and oxygen atoms in total. The number of anilines is 1. The van der Waals surface area contributed by atoms with Crippen LogP contribution in [0.4, 0.5) is 5.82 Å². The first-order valence-electron chi connectivity index (χ1n) is 8.81. The zero-order valence-corrected chi connectivity index (χ0v) is 14.3. The van der Waals surface area contributed by atoms with Crippen LogP contribution in [0.2, 0.25) is 0 Å². The Hall–Kier alpha value is -2.47. The monoisotopic (exact) mass is 340 g/mol. The van der Waals surface area contributed by atoms with E-state index in [1.54, 1.807) is 24.4 Å². The van der Waals surface area contributed by atoms with E-state index in [0.29, 0.717) is 36.5 Å². The molecule has 0 radical (unpaired) electrons. The standard InChI is InChI=1S/C19H24N4O2/c20-17-10-12-21-18(23-17)14-6-8-15(9-7-14)19(24)22-11-3-13-25-16-4-1-2-5-16/h6-10,12,16H,1-5,11,13H2,(H,22,24)(H2,20,21,23). The van der Waals surface area contributed by atoms with Gasteiger partial charge in [-0.1, -0.05) is 25.0 Å². The van der Waals surface area contributed by atoms with Crippen LogP contribution in [0, 0.1) is 0 Å². The lowest BCUT2D eigenvalue weighted by atomic mass is 10.1. The van der Waals surface area contributed by atoms with E-state index in [-0.39, 0.29) is 5.91 Å². The molecule has 0 spiro atoms. The molecule has 0 saturated heterocycles. The molecule has 1 aromatic carbocycles. The van der Waals surface area contributed by atoms with Crippen molar-refractivity contribution in [2.45, 2.75) is 38.2 Å².